The van der Waals surface area contributed by atoms with E-state index in [0.29, 0.717) is 18.7 Å². The number of benzene rings is 1. The van der Waals surface area contributed by atoms with E-state index in [9.17, 15) is 13.2 Å². The van der Waals surface area contributed by atoms with Crippen LogP contribution >= 0.6 is 0 Å². The second kappa shape index (κ2) is 8.26. The summed E-state index contributed by atoms with van der Waals surface area (Å²) in [6.45, 7) is 3.47. The highest BCUT2D eigenvalue weighted by atomic mass is 32.2. The quantitative estimate of drug-likeness (QED) is 0.757. The molecule has 22 heavy (non-hydrogen) atoms. The van der Waals surface area contributed by atoms with Gasteiger partial charge < -0.3 is 10.2 Å². The van der Waals surface area contributed by atoms with Gasteiger partial charge in [-0.1, -0.05) is 18.2 Å². The molecular formula is C15H25N3O3S. The van der Waals surface area contributed by atoms with Crippen LogP contribution in [0.3, 0.4) is 0 Å². The van der Waals surface area contributed by atoms with Gasteiger partial charge in [0.15, 0.2) is 0 Å². The molecule has 0 aliphatic heterocycles. The maximum Gasteiger partial charge on any atom is 0.251 e. The number of carbonyl (C=O) groups excluding carboxylic acids is 1. The van der Waals surface area contributed by atoms with Gasteiger partial charge in [0.2, 0.25) is 10.0 Å². The fourth-order valence-corrected chi connectivity index (χ4v) is 2.81. The highest BCUT2D eigenvalue weighted by Crippen LogP contribution is 2.06. The highest BCUT2D eigenvalue weighted by Gasteiger charge is 2.17. The first-order valence-corrected chi connectivity index (χ1v) is 9.00. The van der Waals surface area contributed by atoms with Crippen molar-refractivity contribution in [1.29, 1.82) is 0 Å². The monoisotopic (exact) mass is 327 g/mol. The molecule has 7 heteroatoms. The van der Waals surface area contributed by atoms with Crippen LogP contribution in [0.5, 0.6) is 0 Å². The summed E-state index contributed by atoms with van der Waals surface area (Å²) in [6.07, 6.45) is 1.19. The van der Waals surface area contributed by atoms with E-state index in [-0.39, 0.29) is 19.0 Å². The van der Waals surface area contributed by atoms with Crippen molar-refractivity contribution in [2.24, 2.45) is 0 Å². The van der Waals surface area contributed by atoms with Crippen LogP contribution in [0.2, 0.25) is 0 Å². The number of likely N-dealkylation sites (N-methyl/N-ethyl adjacent to an activating group) is 1. The van der Waals surface area contributed by atoms with Crippen LogP contribution in [-0.2, 0) is 10.0 Å². The molecule has 0 spiro atoms. The van der Waals surface area contributed by atoms with Gasteiger partial charge in [-0.25, -0.2) is 8.42 Å². The predicted molar refractivity (Wildman–Crippen MR) is 88.5 cm³/mol. The van der Waals surface area contributed by atoms with Crippen LogP contribution in [-0.4, -0.2) is 70.1 Å². The van der Waals surface area contributed by atoms with Crippen molar-refractivity contribution < 1.29 is 13.2 Å². The van der Waals surface area contributed by atoms with Crippen LogP contribution < -0.4 is 5.32 Å². The fourth-order valence-electron chi connectivity index (χ4n) is 1.97. The van der Waals surface area contributed by atoms with Gasteiger partial charge in [-0.15, -0.1) is 0 Å². The van der Waals surface area contributed by atoms with Gasteiger partial charge >= 0.3 is 0 Å². The summed E-state index contributed by atoms with van der Waals surface area (Å²) >= 11 is 0. The van der Waals surface area contributed by atoms with Crippen molar-refractivity contribution in [1.82, 2.24) is 14.5 Å². The van der Waals surface area contributed by atoms with Crippen molar-refractivity contribution in [3.8, 4) is 0 Å². The van der Waals surface area contributed by atoms with E-state index < -0.39 is 10.0 Å². The zero-order chi connectivity index (χ0) is 16.8. The van der Waals surface area contributed by atoms with E-state index >= 15 is 0 Å². The van der Waals surface area contributed by atoms with Crippen molar-refractivity contribution in [3.63, 3.8) is 0 Å². The maximum absolute atomic E-state index is 12.1. The number of amides is 1. The minimum Gasteiger partial charge on any atom is -0.351 e. The molecule has 0 fully saturated rings. The van der Waals surface area contributed by atoms with E-state index in [1.807, 2.05) is 44.1 Å². The number of sulfonamides is 1. The van der Waals surface area contributed by atoms with Crippen LogP contribution in [0.25, 0.3) is 0 Å². The predicted octanol–water partition coefficient (Wildman–Crippen LogP) is 0.548. The van der Waals surface area contributed by atoms with Gasteiger partial charge in [-0.05, 0) is 32.6 Å². The summed E-state index contributed by atoms with van der Waals surface area (Å²) in [5, 5.41) is 2.77. The first kappa shape index (κ1) is 18.6. The maximum atomic E-state index is 12.1. The van der Waals surface area contributed by atoms with Gasteiger partial charge in [-0.3, -0.25) is 4.79 Å². The summed E-state index contributed by atoms with van der Waals surface area (Å²) in [7, 11) is 0.503. The minimum absolute atomic E-state index is 0.181. The third-order valence-electron chi connectivity index (χ3n) is 3.30. The molecule has 0 radical (unpaired) electrons. The van der Waals surface area contributed by atoms with E-state index in [2.05, 4.69) is 5.32 Å². The summed E-state index contributed by atoms with van der Waals surface area (Å²) in [4.78, 5) is 14.0. The molecule has 0 unspecified atom stereocenters. The summed E-state index contributed by atoms with van der Waals surface area (Å²) < 4.78 is 24.9. The molecule has 0 aromatic heterocycles. The Bertz CT molecular complexity index is 600. The Morgan fingerprint density at radius 1 is 1.14 bits per heavy atom. The molecule has 0 saturated carbocycles. The minimum atomic E-state index is -3.28. The third-order valence-corrected chi connectivity index (χ3v) is 4.61. The highest BCUT2D eigenvalue weighted by molar-refractivity contribution is 7.88. The van der Waals surface area contributed by atoms with Gasteiger partial charge in [0.1, 0.15) is 0 Å². The molecule has 0 aliphatic carbocycles. The van der Waals surface area contributed by atoms with E-state index in [1.165, 1.54) is 10.6 Å². The van der Waals surface area contributed by atoms with Crippen molar-refractivity contribution in [2.45, 2.75) is 6.92 Å². The number of aryl methyl sites for hydroxylation is 1. The second-order valence-corrected chi connectivity index (χ2v) is 7.52. The lowest BCUT2D eigenvalue weighted by molar-refractivity contribution is 0.0951. The van der Waals surface area contributed by atoms with Gasteiger partial charge in [-0.2, -0.15) is 4.31 Å². The lowest BCUT2D eigenvalue weighted by Crippen LogP contribution is -2.41. The van der Waals surface area contributed by atoms with Crippen molar-refractivity contribution in [2.75, 3.05) is 46.5 Å². The molecule has 0 atom stereocenters. The Kier molecular flexibility index (Phi) is 6.99. The molecule has 0 aliphatic rings. The van der Waals surface area contributed by atoms with E-state index in [4.69, 9.17) is 0 Å². The van der Waals surface area contributed by atoms with Crippen LogP contribution in [0.15, 0.2) is 24.3 Å². The Hall–Kier alpha value is -1.44. The van der Waals surface area contributed by atoms with E-state index in [1.54, 1.807) is 6.07 Å². The Morgan fingerprint density at radius 2 is 1.77 bits per heavy atom. The number of nitrogens with one attached hydrogen (secondary N) is 1. The Balaban J connectivity index is 2.56. The summed E-state index contributed by atoms with van der Waals surface area (Å²) in [6, 6.07) is 7.31. The zero-order valence-electron chi connectivity index (χ0n) is 13.7. The number of carbonyl (C=O) groups is 1. The largest absolute Gasteiger partial charge is 0.351 e. The van der Waals surface area contributed by atoms with Crippen LogP contribution in [0.4, 0.5) is 0 Å². The summed E-state index contributed by atoms with van der Waals surface area (Å²) in [5.41, 5.74) is 1.51. The lowest BCUT2D eigenvalue weighted by Gasteiger charge is -2.22. The molecular weight excluding hydrogens is 302 g/mol. The topological polar surface area (TPSA) is 69.7 Å². The van der Waals surface area contributed by atoms with Crippen LogP contribution in [0.1, 0.15) is 15.9 Å². The second-order valence-electron chi connectivity index (χ2n) is 5.54. The number of hydrogen-bond acceptors (Lipinski definition) is 4. The molecule has 124 valence electrons. The van der Waals surface area contributed by atoms with Gasteiger partial charge in [0.25, 0.3) is 5.91 Å². The van der Waals surface area contributed by atoms with Gasteiger partial charge in [0.05, 0.1) is 6.26 Å². The normalized spacial score (nSPS) is 11.9. The summed E-state index contributed by atoms with van der Waals surface area (Å²) in [5.74, 6) is -0.181. The molecule has 0 bridgehead atoms. The Labute approximate surface area is 133 Å². The lowest BCUT2D eigenvalue weighted by atomic mass is 10.1. The van der Waals surface area contributed by atoms with E-state index in [0.717, 1.165) is 5.56 Å². The molecule has 6 nitrogen and oxygen atoms in total. The average molecular weight is 327 g/mol. The third kappa shape index (κ3) is 6.13. The molecule has 1 aromatic rings. The standard InChI is InChI=1S/C15H25N3O3S/c1-13-7-5-6-8-14(13)15(19)16-9-10-18(22(4,20)21)12-11-17(2)3/h5-8H,9-12H2,1-4H3,(H,16,19). The zero-order valence-corrected chi connectivity index (χ0v) is 14.5. The smallest absolute Gasteiger partial charge is 0.251 e. The number of rotatable bonds is 8. The molecule has 1 amide bonds. The molecule has 1 aromatic carbocycles. The first-order valence-electron chi connectivity index (χ1n) is 7.15. The SMILES string of the molecule is Cc1ccccc1C(=O)NCCN(CCN(C)C)S(C)(=O)=O. The molecule has 1 rings (SSSR count). The fraction of sp³-hybridized carbons (Fsp3) is 0.533. The molecule has 0 saturated heterocycles. The average Bonchev–Trinajstić information content (AvgIpc) is 2.41. The van der Waals surface area contributed by atoms with Gasteiger partial charge in [0, 0.05) is 31.7 Å². The number of hydrogen-bond donors (Lipinski definition) is 1. The molecule has 0 heterocycles. The van der Waals surface area contributed by atoms with Crippen molar-refractivity contribution in [3.05, 3.63) is 35.4 Å². The first-order chi connectivity index (χ1) is 10.2. The van der Waals surface area contributed by atoms with Crippen LogP contribution in [0, 0.1) is 6.92 Å². The molecule has 1 N–H and O–H groups in total. The Morgan fingerprint density at radius 3 is 2.32 bits per heavy atom. The van der Waals surface area contributed by atoms with Crippen molar-refractivity contribution >= 4 is 15.9 Å². The number of nitrogens with zero attached hydrogens (tertiary/aromatic N) is 2.